The first-order chi connectivity index (χ1) is 13.4. The second kappa shape index (κ2) is 8.40. The summed E-state index contributed by atoms with van der Waals surface area (Å²) in [6, 6.07) is 14.4. The van der Waals surface area contributed by atoms with Crippen LogP contribution in [0.25, 0.3) is 0 Å². The van der Waals surface area contributed by atoms with E-state index in [9.17, 15) is 9.59 Å². The second-order valence-electron chi connectivity index (χ2n) is 5.62. The first-order valence-electron chi connectivity index (χ1n) is 8.01. The van der Waals surface area contributed by atoms with Gasteiger partial charge < -0.3 is 20.9 Å². The predicted octanol–water partition coefficient (Wildman–Crippen LogP) is 4.56. The smallest absolute Gasteiger partial charge is 0.409 e. The number of carbonyl (C=O) groups is 2. The minimum Gasteiger partial charge on any atom is -0.465 e. The number of nitrogens with one attached hydrogen (secondary N) is 2. The summed E-state index contributed by atoms with van der Waals surface area (Å²) < 4.78 is 6.49. The van der Waals surface area contributed by atoms with Crippen molar-refractivity contribution in [2.45, 2.75) is 0 Å². The van der Waals surface area contributed by atoms with E-state index >= 15 is 0 Å². The molecule has 5 N–H and O–H groups in total. The number of rotatable bonds is 5. The van der Waals surface area contributed by atoms with E-state index < -0.39 is 6.09 Å². The summed E-state index contributed by atoms with van der Waals surface area (Å²) in [5.41, 5.74) is 7.06. The van der Waals surface area contributed by atoms with Gasteiger partial charge in [0.2, 0.25) is 0 Å². The van der Waals surface area contributed by atoms with E-state index in [-0.39, 0.29) is 11.6 Å². The van der Waals surface area contributed by atoms with Crippen molar-refractivity contribution in [3.63, 3.8) is 0 Å². The van der Waals surface area contributed by atoms with E-state index in [0.29, 0.717) is 28.6 Å². The van der Waals surface area contributed by atoms with Gasteiger partial charge in [0.1, 0.15) is 17.3 Å². The van der Waals surface area contributed by atoms with Crippen LogP contribution in [0.2, 0.25) is 0 Å². The number of aromatic nitrogens is 1. The molecule has 0 atom stereocenters. The Hall–Kier alpha value is -3.59. The number of ether oxygens (including phenoxy) is 1. The molecule has 0 aliphatic carbocycles. The van der Waals surface area contributed by atoms with Crippen LogP contribution >= 0.6 is 15.9 Å². The van der Waals surface area contributed by atoms with Gasteiger partial charge in [-0.15, -0.1) is 0 Å². The van der Waals surface area contributed by atoms with Gasteiger partial charge in [0, 0.05) is 21.9 Å². The first kappa shape index (κ1) is 19.2. The summed E-state index contributed by atoms with van der Waals surface area (Å²) in [5, 5.41) is 13.6. The highest BCUT2D eigenvalue weighted by Crippen LogP contribution is 2.29. The molecule has 3 rings (SSSR count). The van der Waals surface area contributed by atoms with E-state index in [1.807, 2.05) is 0 Å². The van der Waals surface area contributed by atoms with Crippen molar-refractivity contribution in [2.75, 3.05) is 16.4 Å². The third kappa shape index (κ3) is 4.98. The number of hydrogen-bond acceptors (Lipinski definition) is 5. The summed E-state index contributed by atoms with van der Waals surface area (Å²) in [7, 11) is 0. The van der Waals surface area contributed by atoms with Crippen molar-refractivity contribution >= 4 is 45.1 Å². The standard InChI is InChI=1S/C19H15BrN4O4/c20-12-2-8-17(22-10-12)24-18(25)11-1-7-16(15(21)9-11)28-14-5-3-13(4-6-14)23-19(26)27/h1-10,23H,21H2,(H,26,27)(H,22,24,25). The van der Waals surface area contributed by atoms with Crippen molar-refractivity contribution in [1.29, 1.82) is 0 Å². The molecule has 2 amide bonds. The van der Waals surface area contributed by atoms with Crippen LogP contribution in [0.5, 0.6) is 11.5 Å². The van der Waals surface area contributed by atoms with Gasteiger partial charge in [-0.1, -0.05) is 0 Å². The quantitative estimate of drug-likeness (QED) is 0.428. The number of amides is 2. The van der Waals surface area contributed by atoms with Crippen LogP contribution in [0.15, 0.2) is 65.3 Å². The second-order valence-corrected chi connectivity index (χ2v) is 6.54. The summed E-state index contributed by atoms with van der Waals surface area (Å²) >= 11 is 3.28. The van der Waals surface area contributed by atoms with Crippen LogP contribution in [0.1, 0.15) is 10.4 Å². The molecular weight excluding hydrogens is 428 g/mol. The highest BCUT2D eigenvalue weighted by molar-refractivity contribution is 9.10. The van der Waals surface area contributed by atoms with Crippen LogP contribution in [-0.2, 0) is 0 Å². The number of nitrogens with two attached hydrogens (primary N) is 1. The summed E-state index contributed by atoms with van der Waals surface area (Å²) in [6.07, 6.45) is 0.433. The molecule has 0 unspecified atom stereocenters. The third-order valence-electron chi connectivity index (χ3n) is 3.57. The molecule has 0 radical (unpaired) electrons. The molecule has 0 spiro atoms. The zero-order valence-electron chi connectivity index (χ0n) is 14.3. The number of nitrogen functional groups attached to an aromatic ring is 1. The minimum atomic E-state index is -1.15. The number of benzene rings is 2. The van der Waals surface area contributed by atoms with E-state index in [1.54, 1.807) is 54.7 Å². The van der Waals surface area contributed by atoms with Crippen LogP contribution < -0.4 is 21.1 Å². The Kier molecular flexibility index (Phi) is 5.75. The molecule has 0 saturated heterocycles. The largest absolute Gasteiger partial charge is 0.465 e. The van der Waals surface area contributed by atoms with Crippen LogP contribution in [0, 0.1) is 0 Å². The topological polar surface area (TPSA) is 127 Å². The van der Waals surface area contributed by atoms with Crippen molar-refractivity contribution < 1.29 is 19.4 Å². The fourth-order valence-corrected chi connectivity index (χ4v) is 2.51. The van der Waals surface area contributed by atoms with Crippen molar-refractivity contribution in [2.24, 2.45) is 0 Å². The lowest BCUT2D eigenvalue weighted by molar-refractivity contribution is 0.102. The molecule has 8 nitrogen and oxygen atoms in total. The first-order valence-corrected chi connectivity index (χ1v) is 8.80. The normalized spacial score (nSPS) is 10.2. The Labute approximate surface area is 168 Å². The highest BCUT2D eigenvalue weighted by Gasteiger charge is 2.11. The maximum Gasteiger partial charge on any atom is 0.409 e. The molecule has 1 aromatic heterocycles. The number of pyridine rings is 1. The Balaban J connectivity index is 1.68. The average Bonchev–Trinajstić information content (AvgIpc) is 2.66. The Morgan fingerprint density at radius 2 is 1.79 bits per heavy atom. The monoisotopic (exact) mass is 442 g/mol. The van der Waals surface area contributed by atoms with Gasteiger partial charge in [-0.2, -0.15) is 0 Å². The Morgan fingerprint density at radius 1 is 1.04 bits per heavy atom. The van der Waals surface area contributed by atoms with Crippen molar-refractivity contribution in [3.05, 3.63) is 70.8 Å². The molecule has 2 aromatic carbocycles. The molecule has 0 aliphatic rings. The molecule has 142 valence electrons. The number of carboxylic acid groups (broad SMARTS) is 1. The fourth-order valence-electron chi connectivity index (χ4n) is 2.28. The summed E-state index contributed by atoms with van der Waals surface area (Å²) in [6.45, 7) is 0. The van der Waals surface area contributed by atoms with Gasteiger partial charge in [-0.3, -0.25) is 10.1 Å². The predicted molar refractivity (Wildman–Crippen MR) is 109 cm³/mol. The Morgan fingerprint density at radius 3 is 2.39 bits per heavy atom. The van der Waals surface area contributed by atoms with Crippen LogP contribution in [-0.4, -0.2) is 22.1 Å². The number of nitrogens with zero attached hydrogens (tertiary/aromatic N) is 1. The van der Waals surface area contributed by atoms with Gasteiger partial charge in [-0.05, 0) is 70.5 Å². The summed E-state index contributed by atoms with van der Waals surface area (Å²) in [5.74, 6) is 0.912. The zero-order valence-corrected chi connectivity index (χ0v) is 15.9. The number of anilines is 3. The molecule has 3 aromatic rings. The van der Waals surface area contributed by atoms with Crippen molar-refractivity contribution in [1.82, 2.24) is 4.98 Å². The number of hydrogen-bond donors (Lipinski definition) is 4. The van der Waals surface area contributed by atoms with Crippen LogP contribution in [0.4, 0.5) is 22.0 Å². The van der Waals surface area contributed by atoms with E-state index in [2.05, 4.69) is 31.5 Å². The molecule has 0 aliphatic heterocycles. The Bertz CT molecular complexity index is 1010. The van der Waals surface area contributed by atoms with Gasteiger partial charge in [0.05, 0.1) is 5.69 Å². The molecule has 1 heterocycles. The van der Waals surface area contributed by atoms with Crippen molar-refractivity contribution in [3.8, 4) is 11.5 Å². The maximum absolute atomic E-state index is 12.3. The maximum atomic E-state index is 12.3. The van der Waals surface area contributed by atoms with Gasteiger partial charge in [-0.25, -0.2) is 9.78 Å². The highest BCUT2D eigenvalue weighted by atomic mass is 79.9. The molecule has 0 bridgehead atoms. The number of carbonyl (C=O) groups excluding carboxylic acids is 1. The lowest BCUT2D eigenvalue weighted by Gasteiger charge is -2.11. The van der Waals surface area contributed by atoms with E-state index in [0.717, 1.165) is 4.47 Å². The molecule has 9 heteroatoms. The fraction of sp³-hybridized carbons (Fsp3) is 0. The van der Waals surface area contributed by atoms with Gasteiger partial charge in [0.15, 0.2) is 0 Å². The van der Waals surface area contributed by atoms with E-state index in [4.69, 9.17) is 15.6 Å². The molecule has 28 heavy (non-hydrogen) atoms. The van der Waals surface area contributed by atoms with E-state index in [1.165, 1.54) is 6.07 Å². The lowest BCUT2D eigenvalue weighted by Crippen LogP contribution is -2.13. The summed E-state index contributed by atoms with van der Waals surface area (Å²) in [4.78, 5) is 27.0. The van der Waals surface area contributed by atoms with Gasteiger partial charge in [0.25, 0.3) is 5.91 Å². The molecule has 0 fully saturated rings. The SMILES string of the molecule is Nc1cc(C(=O)Nc2ccc(Br)cn2)ccc1Oc1ccc(NC(=O)O)cc1. The minimum absolute atomic E-state index is 0.282. The van der Waals surface area contributed by atoms with Gasteiger partial charge >= 0.3 is 6.09 Å². The average molecular weight is 443 g/mol. The molecular formula is C19H15BrN4O4. The molecule has 0 saturated carbocycles. The number of halogens is 1. The third-order valence-corrected chi connectivity index (χ3v) is 4.04. The zero-order chi connectivity index (χ0) is 20.1. The van der Waals surface area contributed by atoms with Crippen LogP contribution in [0.3, 0.4) is 0 Å². The lowest BCUT2D eigenvalue weighted by atomic mass is 10.1.